The molecule has 70 valence electrons. The summed E-state index contributed by atoms with van der Waals surface area (Å²) in [6, 6.07) is 0. The van der Waals surface area contributed by atoms with Gasteiger partial charge in [0.15, 0.2) is 0 Å². The van der Waals surface area contributed by atoms with E-state index in [1.54, 1.807) is 0 Å². The molecule has 0 saturated heterocycles. The molecule has 0 aromatic heterocycles. The molecule has 0 rings (SSSR count). The molecule has 0 aromatic carbocycles. The number of rotatable bonds is 1. The first-order valence-corrected chi connectivity index (χ1v) is 2.39. The molecule has 0 amide bonds. The van der Waals surface area contributed by atoms with Gasteiger partial charge in [-0.25, -0.2) is 14.4 Å². The fraction of sp³-hybridized carbons (Fsp3) is 0. The summed E-state index contributed by atoms with van der Waals surface area (Å²) in [5.41, 5.74) is 0. The summed E-state index contributed by atoms with van der Waals surface area (Å²) in [6.07, 6.45) is -2.68. The summed E-state index contributed by atoms with van der Waals surface area (Å²) in [7, 11) is 0. The van der Waals surface area contributed by atoms with Crippen LogP contribution < -0.4 is 0 Å². The first-order chi connectivity index (χ1) is 5.40. The Morgan fingerprint density at radius 3 is 1.54 bits per heavy atom. The van der Waals surface area contributed by atoms with Crippen LogP contribution in [0.4, 0.5) is 9.59 Å². The average molecular weight is 202 g/mol. The van der Waals surface area contributed by atoms with Crippen molar-refractivity contribution in [2.75, 3.05) is 0 Å². The second-order valence-corrected chi connectivity index (χ2v) is 1.17. The molecule has 0 saturated carbocycles. The van der Waals surface area contributed by atoms with Gasteiger partial charge >= 0.3 is 47.8 Å². The summed E-state index contributed by atoms with van der Waals surface area (Å²) in [5, 5.41) is 21.7. The monoisotopic (exact) mass is 202 g/mol. The normalized spacial score (nSPS) is 6.46. The van der Waals surface area contributed by atoms with E-state index < -0.39 is 18.3 Å². The first kappa shape index (κ1) is 17.9. The zero-order chi connectivity index (χ0) is 10.1. The van der Waals surface area contributed by atoms with Gasteiger partial charge in [-0.1, -0.05) is 6.58 Å². The summed E-state index contributed by atoms with van der Waals surface area (Å²) in [5.74, 6) is -0.961. The maximum absolute atomic E-state index is 9.90. The molecule has 0 bridgehead atoms. The van der Waals surface area contributed by atoms with Crippen molar-refractivity contribution in [2.24, 2.45) is 0 Å². The molecule has 0 atom stereocenters. The van der Waals surface area contributed by atoms with Crippen LogP contribution >= 0.6 is 0 Å². The summed E-state index contributed by atoms with van der Waals surface area (Å²) in [6.45, 7) is 2.98. The number of esters is 1. The van der Waals surface area contributed by atoms with Crippen LogP contribution in [0.1, 0.15) is 0 Å². The van der Waals surface area contributed by atoms with E-state index in [1.807, 2.05) is 0 Å². The number of carbonyl (C=O) groups is 3. The van der Waals surface area contributed by atoms with E-state index in [0.717, 1.165) is 6.08 Å². The molecule has 0 aliphatic rings. The van der Waals surface area contributed by atoms with Crippen LogP contribution in [0, 0.1) is 0 Å². The number of ether oxygens (including phenoxy) is 1. The van der Waals surface area contributed by atoms with Crippen molar-refractivity contribution in [3.63, 3.8) is 0 Å². The van der Waals surface area contributed by atoms with Crippen LogP contribution in [0.3, 0.4) is 0 Å². The first-order valence-electron chi connectivity index (χ1n) is 2.39. The molecule has 0 fully saturated rings. The predicted octanol–water partition coefficient (Wildman–Crippen LogP) is -0.0325. The molecule has 0 spiro atoms. The van der Waals surface area contributed by atoms with E-state index in [0.29, 0.717) is 0 Å². The summed E-state index contributed by atoms with van der Waals surface area (Å²) < 4.78 is 3.56. The third-order valence-corrected chi connectivity index (χ3v) is 0.355. The fourth-order valence-corrected chi connectivity index (χ4v) is 0.128. The minimum absolute atomic E-state index is 0. The third-order valence-electron chi connectivity index (χ3n) is 0.355. The van der Waals surface area contributed by atoms with Gasteiger partial charge in [-0.05, 0) is 0 Å². The van der Waals surface area contributed by atoms with Crippen LogP contribution in [0.25, 0.3) is 0 Å². The van der Waals surface area contributed by atoms with E-state index in [-0.39, 0.29) is 29.6 Å². The van der Waals surface area contributed by atoms with Crippen molar-refractivity contribution in [3.8, 4) is 0 Å². The Morgan fingerprint density at radius 2 is 1.46 bits per heavy atom. The Balaban J connectivity index is -0.000000173. The number of hydrogen-bond donors (Lipinski definition) is 3. The van der Waals surface area contributed by atoms with E-state index in [2.05, 4.69) is 11.3 Å². The van der Waals surface area contributed by atoms with Gasteiger partial charge in [0.1, 0.15) is 0 Å². The van der Waals surface area contributed by atoms with Crippen molar-refractivity contribution in [1.29, 1.82) is 0 Å². The molecule has 7 nitrogen and oxygen atoms in total. The Labute approximate surface area is 94.9 Å². The molecular weight excluding hydrogens is 195 g/mol. The molecule has 3 N–H and O–H groups in total. The molecule has 0 heterocycles. The predicted molar refractivity (Wildman–Crippen MR) is 42.1 cm³/mol. The zero-order valence-electron chi connectivity index (χ0n) is 5.76. The molecule has 13 heavy (non-hydrogen) atoms. The summed E-state index contributed by atoms with van der Waals surface area (Å²) >= 11 is 0. The standard InChI is InChI=1S/C4H4O4.CH2O3.Na.H/c1-2-3(5)8-4(6)7;2-1(3)4;;/h2H,1H2,(H,6,7);(H2,2,3,4);;. The van der Waals surface area contributed by atoms with Gasteiger partial charge in [0.25, 0.3) is 0 Å². The van der Waals surface area contributed by atoms with Crippen LogP contribution in [-0.4, -0.2) is 63.2 Å². The van der Waals surface area contributed by atoms with E-state index in [1.165, 1.54) is 0 Å². The molecule has 0 aliphatic carbocycles. The van der Waals surface area contributed by atoms with Crippen LogP contribution in [0.5, 0.6) is 0 Å². The second kappa shape index (κ2) is 11.0. The Bertz CT molecular complexity index is 195. The van der Waals surface area contributed by atoms with Crippen molar-refractivity contribution in [1.82, 2.24) is 0 Å². The quantitative estimate of drug-likeness (QED) is 0.236. The second-order valence-electron chi connectivity index (χ2n) is 1.17. The molecular formula is C5H7NaO7. The SMILES string of the molecule is C=CC(=O)OC(=O)O.O=C(O)O.[NaH]. The molecule has 8 heteroatoms. The Hall–Kier alpha value is -1.05. The van der Waals surface area contributed by atoms with Gasteiger partial charge < -0.3 is 20.1 Å². The van der Waals surface area contributed by atoms with Gasteiger partial charge in [-0.2, -0.15) is 0 Å². The van der Waals surface area contributed by atoms with Crippen LogP contribution in [-0.2, 0) is 9.53 Å². The van der Waals surface area contributed by atoms with Crippen molar-refractivity contribution < 1.29 is 34.4 Å². The molecule has 0 radical (unpaired) electrons. The number of hydrogen-bond acceptors (Lipinski definition) is 4. The van der Waals surface area contributed by atoms with Gasteiger partial charge in [0, 0.05) is 6.08 Å². The molecule has 0 unspecified atom stereocenters. The fourth-order valence-electron chi connectivity index (χ4n) is 0.128. The number of carbonyl (C=O) groups excluding carboxylic acids is 1. The average Bonchev–Trinajstić information content (AvgIpc) is 1.84. The molecule has 0 aromatic rings. The van der Waals surface area contributed by atoms with E-state index in [4.69, 9.17) is 20.1 Å². The minimum atomic E-state index is -1.83. The Morgan fingerprint density at radius 1 is 1.15 bits per heavy atom. The third kappa shape index (κ3) is 35.8. The van der Waals surface area contributed by atoms with Gasteiger partial charge in [-0.3, -0.25) is 0 Å². The van der Waals surface area contributed by atoms with E-state index in [9.17, 15) is 9.59 Å². The number of carboxylic acid groups (broad SMARTS) is 3. The zero-order valence-corrected chi connectivity index (χ0v) is 5.76. The van der Waals surface area contributed by atoms with E-state index >= 15 is 0 Å². The van der Waals surface area contributed by atoms with Crippen molar-refractivity contribution in [2.45, 2.75) is 0 Å². The van der Waals surface area contributed by atoms with Gasteiger partial charge in [-0.15, -0.1) is 0 Å². The van der Waals surface area contributed by atoms with Crippen molar-refractivity contribution in [3.05, 3.63) is 12.7 Å². The van der Waals surface area contributed by atoms with Crippen molar-refractivity contribution >= 4 is 47.8 Å². The topological polar surface area (TPSA) is 121 Å². The maximum atomic E-state index is 9.90. The summed E-state index contributed by atoms with van der Waals surface area (Å²) in [4.78, 5) is 27.9. The van der Waals surface area contributed by atoms with Gasteiger partial charge in [0.05, 0.1) is 0 Å². The van der Waals surface area contributed by atoms with Gasteiger partial charge in [0.2, 0.25) is 0 Å². The Kier molecular flexibility index (Phi) is 15.1. The molecule has 0 aliphatic heterocycles. The van der Waals surface area contributed by atoms with Crippen LogP contribution in [0.15, 0.2) is 12.7 Å². The van der Waals surface area contributed by atoms with Crippen LogP contribution in [0.2, 0.25) is 0 Å².